The number of ether oxygens (including phenoxy) is 1. The summed E-state index contributed by atoms with van der Waals surface area (Å²) in [5.74, 6) is 2.22. The number of hydrogen-bond acceptors (Lipinski definition) is 5. The lowest BCUT2D eigenvalue weighted by Gasteiger charge is -2.09. The highest BCUT2D eigenvalue weighted by Gasteiger charge is 2.10. The number of benzene rings is 3. The third kappa shape index (κ3) is 3.21. The largest absolute Gasteiger partial charge is 0.457 e. The van der Waals surface area contributed by atoms with Gasteiger partial charge in [-0.2, -0.15) is 4.98 Å². The molecule has 0 spiro atoms. The number of aromatic nitrogens is 3. The minimum absolute atomic E-state index is 0.184. The van der Waals surface area contributed by atoms with Crippen LogP contribution in [0.2, 0.25) is 0 Å². The topological polar surface area (TPSA) is 92.0 Å². The number of nitrogens with zero attached hydrogens (tertiary/aromatic N) is 3. The Bertz CT molecular complexity index is 1310. The van der Waals surface area contributed by atoms with E-state index in [0.29, 0.717) is 5.82 Å². The van der Waals surface area contributed by atoms with Crippen molar-refractivity contribution < 1.29 is 4.74 Å². The fourth-order valence-corrected chi connectivity index (χ4v) is 3.53. The van der Waals surface area contributed by atoms with Crippen LogP contribution in [-0.2, 0) is 6.54 Å². The minimum atomic E-state index is 0.184. The van der Waals surface area contributed by atoms with E-state index in [2.05, 4.69) is 26.7 Å². The molecular formula is C23H19N5O. The summed E-state index contributed by atoms with van der Waals surface area (Å²) in [5.41, 5.74) is 14.8. The van der Waals surface area contributed by atoms with Crippen molar-refractivity contribution in [2.75, 3.05) is 11.5 Å². The zero-order valence-electron chi connectivity index (χ0n) is 15.6. The molecule has 0 fully saturated rings. The fourth-order valence-electron chi connectivity index (χ4n) is 3.53. The van der Waals surface area contributed by atoms with E-state index in [1.54, 1.807) is 0 Å². The van der Waals surface area contributed by atoms with E-state index in [-0.39, 0.29) is 5.95 Å². The maximum absolute atomic E-state index is 6.00. The van der Waals surface area contributed by atoms with E-state index < -0.39 is 0 Å². The Kier molecular flexibility index (Phi) is 4.02. The first-order valence-corrected chi connectivity index (χ1v) is 9.30. The molecule has 3 aromatic carbocycles. The van der Waals surface area contributed by atoms with Gasteiger partial charge in [0.05, 0.1) is 11.0 Å². The highest BCUT2D eigenvalue weighted by Crippen LogP contribution is 2.29. The Hall–Kier alpha value is -4.06. The summed E-state index contributed by atoms with van der Waals surface area (Å²) in [6.07, 6.45) is 2.05. The van der Waals surface area contributed by atoms with Crippen LogP contribution in [0.1, 0.15) is 5.56 Å². The van der Waals surface area contributed by atoms with Crippen molar-refractivity contribution in [2.24, 2.45) is 0 Å². The molecule has 6 nitrogen and oxygen atoms in total. The molecule has 2 aromatic heterocycles. The summed E-state index contributed by atoms with van der Waals surface area (Å²) < 4.78 is 8.04. The SMILES string of the molecule is Nc1nc(N)c2ccc3c(ccn3Cc3ccc(Oc4ccccc4)cc3)c2n1. The second-order valence-electron chi connectivity index (χ2n) is 6.86. The van der Waals surface area contributed by atoms with Gasteiger partial charge in [0.15, 0.2) is 0 Å². The zero-order chi connectivity index (χ0) is 19.8. The van der Waals surface area contributed by atoms with Gasteiger partial charge in [-0.3, -0.25) is 0 Å². The quantitative estimate of drug-likeness (QED) is 0.475. The van der Waals surface area contributed by atoms with Crippen molar-refractivity contribution >= 4 is 33.6 Å². The molecule has 142 valence electrons. The van der Waals surface area contributed by atoms with Gasteiger partial charge in [-0.15, -0.1) is 0 Å². The summed E-state index contributed by atoms with van der Waals surface area (Å²) in [6, 6.07) is 23.9. The van der Waals surface area contributed by atoms with Crippen LogP contribution in [0.4, 0.5) is 11.8 Å². The van der Waals surface area contributed by atoms with Gasteiger partial charge in [-0.25, -0.2) is 4.98 Å². The fraction of sp³-hybridized carbons (Fsp3) is 0.0435. The maximum Gasteiger partial charge on any atom is 0.222 e. The molecule has 4 N–H and O–H groups in total. The van der Waals surface area contributed by atoms with Crippen molar-refractivity contribution in [3.05, 3.63) is 84.6 Å². The molecule has 0 saturated heterocycles. The van der Waals surface area contributed by atoms with Gasteiger partial charge < -0.3 is 20.8 Å². The molecule has 0 radical (unpaired) electrons. The van der Waals surface area contributed by atoms with Gasteiger partial charge in [0, 0.05) is 23.5 Å². The van der Waals surface area contributed by atoms with Crippen molar-refractivity contribution in [1.82, 2.24) is 14.5 Å². The van der Waals surface area contributed by atoms with Crippen LogP contribution in [0.15, 0.2) is 79.0 Å². The molecule has 0 atom stereocenters. The average Bonchev–Trinajstić information content (AvgIpc) is 3.13. The summed E-state index contributed by atoms with van der Waals surface area (Å²) in [7, 11) is 0. The van der Waals surface area contributed by atoms with Crippen molar-refractivity contribution in [2.45, 2.75) is 6.54 Å². The molecule has 0 bridgehead atoms. The Balaban J connectivity index is 1.44. The molecule has 0 unspecified atom stereocenters. The number of para-hydroxylation sites is 1. The third-order valence-corrected chi connectivity index (χ3v) is 4.92. The molecule has 0 aliphatic carbocycles. The molecular weight excluding hydrogens is 362 g/mol. The molecule has 0 aliphatic heterocycles. The van der Waals surface area contributed by atoms with Gasteiger partial charge in [0.2, 0.25) is 5.95 Å². The third-order valence-electron chi connectivity index (χ3n) is 4.92. The van der Waals surface area contributed by atoms with Gasteiger partial charge in [-0.1, -0.05) is 30.3 Å². The first-order valence-electron chi connectivity index (χ1n) is 9.30. The highest BCUT2D eigenvalue weighted by atomic mass is 16.5. The Morgan fingerprint density at radius 3 is 2.31 bits per heavy atom. The normalized spacial score (nSPS) is 11.2. The Morgan fingerprint density at radius 1 is 0.759 bits per heavy atom. The van der Waals surface area contributed by atoms with E-state index in [4.69, 9.17) is 16.2 Å². The van der Waals surface area contributed by atoms with Crippen LogP contribution in [0.3, 0.4) is 0 Å². The summed E-state index contributed by atoms with van der Waals surface area (Å²) in [4.78, 5) is 8.44. The Labute approximate surface area is 167 Å². The summed E-state index contributed by atoms with van der Waals surface area (Å²) >= 11 is 0. The molecule has 5 rings (SSSR count). The average molecular weight is 381 g/mol. The molecule has 0 saturated carbocycles. The van der Waals surface area contributed by atoms with E-state index in [1.807, 2.05) is 66.9 Å². The minimum Gasteiger partial charge on any atom is -0.457 e. The van der Waals surface area contributed by atoms with E-state index in [1.165, 1.54) is 5.56 Å². The number of fused-ring (bicyclic) bond motifs is 3. The molecule has 6 heteroatoms. The molecule has 2 heterocycles. The van der Waals surface area contributed by atoms with Crippen LogP contribution in [0.25, 0.3) is 21.8 Å². The molecule has 29 heavy (non-hydrogen) atoms. The van der Waals surface area contributed by atoms with Gasteiger partial charge in [0.25, 0.3) is 0 Å². The van der Waals surface area contributed by atoms with Gasteiger partial charge >= 0.3 is 0 Å². The lowest BCUT2D eigenvalue weighted by Crippen LogP contribution is -2.01. The summed E-state index contributed by atoms with van der Waals surface area (Å²) in [6.45, 7) is 0.733. The van der Waals surface area contributed by atoms with E-state index in [9.17, 15) is 0 Å². The molecule has 0 amide bonds. The first kappa shape index (κ1) is 17.1. The van der Waals surface area contributed by atoms with Crippen LogP contribution in [0.5, 0.6) is 11.5 Å². The van der Waals surface area contributed by atoms with Crippen molar-refractivity contribution in [3.63, 3.8) is 0 Å². The predicted molar refractivity (Wildman–Crippen MR) is 116 cm³/mol. The van der Waals surface area contributed by atoms with E-state index >= 15 is 0 Å². The lowest BCUT2D eigenvalue weighted by molar-refractivity contribution is 0.482. The van der Waals surface area contributed by atoms with Crippen LogP contribution < -0.4 is 16.2 Å². The highest BCUT2D eigenvalue weighted by molar-refractivity contribution is 6.07. The number of anilines is 2. The van der Waals surface area contributed by atoms with Gasteiger partial charge in [0.1, 0.15) is 17.3 Å². The predicted octanol–water partition coefficient (Wildman–Crippen LogP) is 4.59. The number of nitrogens with two attached hydrogens (primary N) is 2. The van der Waals surface area contributed by atoms with Gasteiger partial charge in [-0.05, 0) is 48.0 Å². The van der Waals surface area contributed by atoms with Crippen LogP contribution in [0, 0.1) is 0 Å². The molecule has 0 aliphatic rings. The summed E-state index contributed by atoms with van der Waals surface area (Å²) in [5, 5.41) is 1.82. The number of hydrogen-bond donors (Lipinski definition) is 2. The zero-order valence-corrected chi connectivity index (χ0v) is 15.6. The van der Waals surface area contributed by atoms with E-state index in [0.717, 1.165) is 39.8 Å². The lowest BCUT2D eigenvalue weighted by atomic mass is 10.1. The van der Waals surface area contributed by atoms with Crippen LogP contribution in [-0.4, -0.2) is 14.5 Å². The van der Waals surface area contributed by atoms with Crippen molar-refractivity contribution in [3.8, 4) is 11.5 Å². The number of rotatable bonds is 4. The second-order valence-corrected chi connectivity index (χ2v) is 6.86. The van der Waals surface area contributed by atoms with Crippen molar-refractivity contribution in [1.29, 1.82) is 0 Å². The number of nitrogen functional groups attached to an aromatic ring is 2. The standard InChI is InChI=1S/C23H19N5O/c24-22-19-10-11-20-18(21(19)26-23(25)27-22)12-13-28(20)14-15-6-8-17(9-7-15)29-16-4-2-1-3-5-16/h1-13H,14H2,(H4,24,25,26,27). The first-order chi connectivity index (χ1) is 14.2. The van der Waals surface area contributed by atoms with Crippen LogP contribution >= 0.6 is 0 Å². The Morgan fingerprint density at radius 2 is 1.52 bits per heavy atom. The smallest absolute Gasteiger partial charge is 0.222 e. The molecule has 5 aromatic rings. The second kappa shape index (κ2) is 6.83. The maximum atomic E-state index is 6.00. The monoisotopic (exact) mass is 381 g/mol.